The van der Waals surface area contributed by atoms with Crippen LogP contribution in [0.3, 0.4) is 0 Å². The van der Waals surface area contributed by atoms with Crippen molar-refractivity contribution < 1.29 is 4.21 Å². The third-order valence-corrected chi connectivity index (χ3v) is 2.59. The van der Waals surface area contributed by atoms with Crippen molar-refractivity contribution in [3.63, 3.8) is 0 Å². The molecule has 0 saturated carbocycles. The van der Waals surface area contributed by atoms with E-state index in [1.54, 1.807) is 12.3 Å². The molecule has 0 aromatic carbocycles. The van der Waals surface area contributed by atoms with Crippen molar-refractivity contribution in [3.05, 3.63) is 12.7 Å². The van der Waals surface area contributed by atoms with Crippen LogP contribution in [0.5, 0.6) is 0 Å². The normalized spacial score (nSPS) is 16.2. The molecule has 2 unspecified atom stereocenters. The average Bonchev–Trinajstić information content (AvgIpc) is 1.88. The first-order chi connectivity index (χ1) is 4.68. The van der Waals surface area contributed by atoms with Crippen LogP contribution in [-0.4, -0.2) is 28.8 Å². The first-order valence-electron chi connectivity index (χ1n) is 3.32. The van der Waals surface area contributed by atoms with Gasteiger partial charge in [-0.2, -0.15) is 0 Å². The quantitative estimate of drug-likeness (QED) is 0.471. The fraction of sp³-hybridized carbons (Fsp3) is 0.714. The highest BCUT2D eigenvalue weighted by Crippen LogP contribution is 1.88. The molecule has 2 nitrogen and oxygen atoms in total. The van der Waals surface area contributed by atoms with Gasteiger partial charge in [0, 0.05) is 35.4 Å². The molecule has 1 N–H and O–H groups in total. The van der Waals surface area contributed by atoms with Gasteiger partial charge in [0.25, 0.3) is 0 Å². The third kappa shape index (κ3) is 4.70. The van der Waals surface area contributed by atoms with E-state index >= 15 is 0 Å². The molecule has 10 heavy (non-hydrogen) atoms. The van der Waals surface area contributed by atoms with E-state index in [9.17, 15) is 4.21 Å². The molecule has 2 atom stereocenters. The smallest absolute Gasteiger partial charge is 0.0441 e. The van der Waals surface area contributed by atoms with Crippen LogP contribution in [0, 0.1) is 0 Å². The number of rotatable bonds is 5. The van der Waals surface area contributed by atoms with Crippen molar-refractivity contribution in [2.75, 3.05) is 19.3 Å². The Morgan fingerprint density at radius 1 is 1.80 bits per heavy atom. The molecule has 0 aromatic heterocycles. The van der Waals surface area contributed by atoms with E-state index in [0.29, 0.717) is 0 Å². The van der Waals surface area contributed by atoms with Crippen LogP contribution in [0.15, 0.2) is 12.7 Å². The molecule has 0 rings (SSSR count). The standard InChI is InChI=1S/C7H15NOS/c1-4-5-8-6-7(2)10(3)9/h4,7-8H,1,5-6H2,2-3H3. The predicted octanol–water partition coefficient (Wildman–Crippen LogP) is 0.529. The number of hydrogen-bond donors (Lipinski definition) is 1. The molecule has 0 heterocycles. The lowest BCUT2D eigenvalue weighted by molar-refractivity contribution is 0.663. The minimum Gasteiger partial charge on any atom is -0.312 e. The van der Waals surface area contributed by atoms with Gasteiger partial charge in [-0.3, -0.25) is 4.21 Å². The maximum absolute atomic E-state index is 10.8. The molecule has 0 fully saturated rings. The Morgan fingerprint density at radius 3 is 2.80 bits per heavy atom. The lowest BCUT2D eigenvalue weighted by atomic mass is 10.4. The van der Waals surface area contributed by atoms with Crippen LogP contribution < -0.4 is 5.32 Å². The van der Waals surface area contributed by atoms with Gasteiger partial charge in [-0.1, -0.05) is 6.08 Å². The van der Waals surface area contributed by atoms with Gasteiger partial charge in [-0.15, -0.1) is 6.58 Å². The van der Waals surface area contributed by atoms with Crippen LogP contribution in [0.1, 0.15) is 6.92 Å². The largest absolute Gasteiger partial charge is 0.312 e. The summed E-state index contributed by atoms with van der Waals surface area (Å²) >= 11 is 0. The Labute approximate surface area is 65.2 Å². The molecule has 0 aliphatic rings. The zero-order chi connectivity index (χ0) is 7.98. The summed E-state index contributed by atoms with van der Waals surface area (Å²) in [5.74, 6) is 0. The second-order valence-electron chi connectivity index (χ2n) is 2.26. The van der Waals surface area contributed by atoms with Crippen LogP contribution in [0.25, 0.3) is 0 Å². The molecule has 0 aromatic rings. The SMILES string of the molecule is C=CCNCC(C)S(C)=O. The van der Waals surface area contributed by atoms with Crippen LogP contribution >= 0.6 is 0 Å². The topological polar surface area (TPSA) is 29.1 Å². The monoisotopic (exact) mass is 161 g/mol. The molecule has 60 valence electrons. The molecular weight excluding hydrogens is 146 g/mol. The Hall–Kier alpha value is -0.150. The molecular formula is C7H15NOS. The first-order valence-corrected chi connectivity index (χ1v) is 4.94. The fourth-order valence-corrected chi connectivity index (χ4v) is 0.859. The highest BCUT2D eigenvalue weighted by molar-refractivity contribution is 7.84. The summed E-state index contributed by atoms with van der Waals surface area (Å²) in [5.41, 5.74) is 0. The number of hydrogen-bond acceptors (Lipinski definition) is 2. The van der Waals surface area contributed by atoms with E-state index in [4.69, 9.17) is 0 Å². The Morgan fingerprint density at radius 2 is 2.40 bits per heavy atom. The van der Waals surface area contributed by atoms with Gasteiger partial charge >= 0.3 is 0 Å². The molecule has 0 amide bonds. The van der Waals surface area contributed by atoms with Crippen LogP contribution in [0.4, 0.5) is 0 Å². The summed E-state index contributed by atoms with van der Waals surface area (Å²) < 4.78 is 10.8. The van der Waals surface area contributed by atoms with E-state index < -0.39 is 10.8 Å². The lowest BCUT2D eigenvalue weighted by Gasteiger charge is -2.07. The van der Waals surface area contributed by atoms with Crippen LogP contribution in [-0.2, 0) is 10.8 Å². The van der Waals surface area contributed by atoms with Gasteiger partial charge in [0.1, 0.15) is 0 Å². The molecule has 0 radical (unpaired) electrons. The first kappa shape index (κ1) is 9.85. The highest BCUT2D eigenvalue weighted by atomic mass is 32.2. The summed E-state index contributed by atoms with van der Waals surface area (Å²) in [6.45, 7) is 7.12. The van der Waals surface area contributed by atoms with Crippen molar-refractivity contribution in [1.29, 1.82) is 0 Å². The van der Waals surface area contributed by atoms with Gasteiger partial charge in [-0.25, -0.2) is 0 Å². The molecule has 0 spiro atoms. The lowest BCUT2D eigenvalue weighted by Crippen LogP contribution is -2.27. The minimum absolute atomic E-state index is 0.236. The predicted molar refractivity (Wildman–Crippen MR) is 46.6 cm³/mol. The number of nitrogens with one attached hydrogen (secondary N) is 1. The van der Waals surface area contributed by atoms with Gasteiger partial charge < -0.3 is 5.32 Å². The molecule has 0 saturated heterocycles. The van der Waals surface area contributed by atoms with Crippen molar-refractivity contribution >= 4 is 10.8 Å². The van der Waals surface area contributed by atoms with E-state index in [-0.39, 0.29) is 5.25 Å². The zero-order valence-corrected chi connectivity index (χ0v) is 7.41. The van der Waals surface area contributed by atoms with Gasteiger partial charge in [0.05, 0.1) is 0 Å². The van der Waals surface area contributed by atoms with E-state index in [2.05, 4.69) is 11.9 Å². The van der Waals surface area contributed by atoms with Crippen molar-refractivity contribution in [2.24, 2.45) is 0 Å². The maximum atomic E-state index is 10.8. The maximum Gasteiger partial charge on any atom is 0.0441 e. The van der Waals surface area contributed by atoms with Gasteiger partial charge in [0.2, 0.25) is 0 Å². The van der Waals surface area contributed by atoms with Gasteiger partial charge in [-0.05, 0) is 6.92 Å². The van der Waals surface area contributed by atoms with Gasteiger partial charge in [0.15, 0.2) is 0 Å². The Kier molecular flexibility index (Phi) is 5.54. The Bertz CT molecular complexity index is 125. The molecule has 3 heteroatoms. The minimum atomic E-state index is -0.711. The summed E-state index contributed by atoms with van der Waals surface area (Å²) in [6, 6.07) is 0. The highest BCUT2D eigenvalue weighted by Gasteiger charge is 2.02. The zero-order valence-electron chi connectivity index (χ0n) is 6.59. The second kappa shape index (κ2) is 5.62. The fourth-order valence-electron chi connectivity index (χ4n) is 0.506. The third-order valence-electron chi connectivity index (χ3n) is 1.29. The average molecular weight is 161 g/mol. The summed E-state index contributed by atoms with van der Waals surface area (Å²) in [6.07, 6.45) is 3.52. The van der Waals surface area contributed by atoms with E-state index in [1.807, 2.05) is 6.92 Å². The molecule has 0 aliphatic carbocycles. The van der Waals surface area contributed by atoms with Crippen molar-refractivity contribution in [3.8, 4) is 0 Å². The summed E-state index contributed by atoms with van der Waals surface area (Å²) in [4.78, 5) is 0. The van der Waals surface area contributed by atoms with Crippen molar-refractivity contribution in [1.82, 2.24) is 5.32 Å². The molecule has 0 bridgehead atoms. The van der Waals surface area contributed by atoms with E-state index in [1.165, 1.54) is 0 Å². The second-order valence-corrected chi connectivity index (χ2v) is 4.06. The molecule has 0 aliphatic heterocycles. The Balaban J connectivity index is 3.30. The van der Waals surface area contributed by atoms with E-state index in [0.717, 1.165) is 13.1 Å². The van der Waals surface area contributed by atoms with Crippen molar-refractivity contribution in [2.45, 2.75) is 12.2 Å². The summed E-state index contributed by atoms with van der Waals surface area (Å²) in [7, 11) is -0.711. The van der Waals surface area contributed by atoms with Crippen LogP contribution in [0.2, 0.25) is 0 Å². The summed E-state index contributed by atoms with van der Waals surface area (Å²) in [5, 5.41) is 3.34.